The molecule has 0 unspecified atom stereocenters. The molecule has 10 heteroatoms. The zero-order valence-electron chi connectivity index (χ0n) is 15.0. The summed E-state index contributed by atoms with van der Waals surface area (Å²) < 4.78 is 4.07. The SMILES string of the molecule is Nc1ncnc2c1ncn2CCCCCCCn1cnc2c(N)ncnc21. The number of aryl methyl sites for hydroxylation is 2. The van der Waals surface area contributed by atoms with E-state index in [2.05, 4.69) is 29.9 Å². The van der Waals surface area contributed by atoms with Crippen LogP contribution in [-0.4, -0.2) is 39.0 Å². The van der Waals surface area contributed by atoms with Gasteiger partial charge in [-0.25, -0.2) is 29.9 Å². The van der Waals surface area contributed by atoms with Gasteiger partial charge in [0.15, 0.2) is 22.9 Å². The predicted octanol–water partition coefficient (Wildman–Crippen LogP) is 1.78. The van der Waals surface area contributed by atoms with Gasteiger partial charge >= 0.3 is 0 Å². The summed E-state index contributed by atoms with van der Waals surface area (Å²) in [5, 5.41) is 0. The Morgan fingerprint density at radius 3 is 1.52 bits per heavy atom. The molecule has 10 nitrogen and oxygen atoms in total. The largest absolute Gasteiger partial charge is 0.382 e. The number of nitrogen functional groups attached to an aromatic ring is 2. The van der Waals surface area contributed by atoms with Crippen LogP contribution in [0.15, 0.2) is 25.3 Å². The van der Waals surface area contributed by atoms with Crippen LogP contribution in [0.5, 0.6) is 0 Å². The summed E-state index contributed by atoms with van der Waals surface area (Å²) in [7, 11) is 0. The minimum atomic E-state index is 0.429. The number of nitrogens with zero attached hydrogens (tertiary/aromatic N) is 8. The maximum Gasteiger partial charge on any atom is 0.165 e. The highest BCUT2D eigenvalue weighted by molar-refractivity contribution is 5.81. The van der Waals surface area contributed by atoms with Crippen molar-refractivity contribution in [1.29, 1.82) is 0 Å². The zero-order chi connectivity index (χ0) is 18.6. The zero-order valence-corrected chi connectivity index (χ0v) is 15.0. The van der Waals surface area contributed by atoms with Gasteiger partial charge in [-0.3, -0.25) is 0 Å². The molecule has 0 saturated heterocycles. The normalized spacial score (nSPS) is 11.6. The predicted molar refractivity (Wildman–Crippen MR) is 103 cm³/mol. The number of imidazole rings is 2. The van der Waals surface area contributed by atoms with E-state index in [4.69, 9.17) is 11.5 Å². The lowest BCUT2D eigenvalue weighted by atomic mass is 10.1. The summed E-state index contributed by atoms with van der Waals surface area (Å²) in [6, 6.07) is 0. The Kier molecular flexibility index (Phi) is 4.77. The van der Waals surface area contributed by atoms with Crippen LogP contribution in [0.3, 0.4) is 0 Å². The van der Waals surface area contributed by atoms with E-state index in [0.717, 1.165) is 50.1 Å². The summed E-state index contributed by atoms with van der Waals surface area (Å²) in [6.07, 6.45) is 12.2. The lowest BCUT2D eigenvalue weighted by Gasteiger charge is -2.05. The minimum absolute atomic E-state index is 0.429. The molecule has 4 aromatic heterocycles. The minimum Gasteiger partial charge on any atom is -0.382 e. The molecule has 0 aliphatic rings. The van der Waals surface area contributed by atoms with E-state index in [-0.39, 0.29) is 0 Å². The number of hydrogen-bond acceptors (Lipinski definition) is 8. The van der Waals surface area contributed by atoms with E-state index in [1.54, 1.807) is 12.7 Å². The number of anilines is 2. The van der Waals surface area contributed by atoms with Gasteiger partial charge in [0.05, 0.1) is 12.7 Å². The summed E-state index contributed by atoms with van der Waals surface area (Å²) in [6.45, 7) is 1.77. The molecule has 4 heterocycles. The molecule has 4 N–H and O–H groups in total. The van der Waals surface area contributed by atoms with E-state index in [9.17, 15) is 0 Å². The molecule has 4 rings (SSSR count). The second kappa shape index (κ2) is 7.52. The van der Waals surface area contributed by atoms with Crippen molar-refractivity contribution in [3.05, 3.63) is 25.3 Å². The summed E-state index contributed by atoms with van der Waals surface area (Å²) in [4.78, 5) is 25.1. The van der Waals surface area contributed by atoms with Crippen LogP contribution >= 0.6 is 0 Å². The van der Waals surface area contributed by atoms with Crippen molar-refractivity contribution in [3.63, 3.8) is 0 Å². The lowest BCUT2D eigenvalue weighted by Crippen LogP contribution is -2.00. The third-order valence-corrected chi connectivity index (χ3v) is 4.66. The fourth-order valence-corrected chi connectivity index (χ4v) is 3.22. The standard InChI is InChI=1S/C17H22N10/c18-14-12-16(22-8-20-14)26(10-24-12)6-4-2-1-3-5-7-27-11-25-13-15(19)21-9-23-17(13)27/h8-11H,1-7H2,(H2,18,20,22)(H2,19,21,23). The van der Waals surface area contributed by atoms with Gasteiger partial charge < -0.3 is 20.6 Å². The van der Waals surface area contributed by atoms with Crippen LogP contribution in [0, 0.1) is 0 Å². The number of fused-ring (bicyclic) bond motifs is 2. The number of rotatable bonds is 8. The highest BCUT2D eigenvalue weighted by Crippen LogP contribution is 2.17. The van der Waals surface area contributed by atoms with E-state index < -0.39 is 0 Å². The Morgan fingerprint density at radius 1 is 0.593 bits per heavy atom. The van der Waals surface area contributed by atoms with E-state index in [0.29, 0.717) is 22.7 Å². The summed E-state index contributed by atoms with van der Waals surface area (Å²) >= 11 is 0. The van der Waals surface area contributed by atoms with Crippen LogP contribution in [0.1, 0.15) is 32.1 Å². The number of unbranched alkanes of at least 4 members (excludes halogenated alkanes) is 4. The Balaban J connectivity index is 1.20. The number of nitrogens with two attached hydrogens (primary N) is 2. The molecule has 0 bridgehead atoms. The third kappa shape index (κ3) is 3.50. The van der Waals surface area contributed by atoms with E-state index in [1.807, 2.05) is 9.13 Å². The van der Waals surface area contributed by atoms with Gasteiger partial charge in [0.2, 0.25) is 0 Å². The second-order valence-corrected chi connectivity index (χ2v) is 6.51. The molecular weight excluding hydrogens is 344 g/mol. The Hall–Kier alpha value is -3.30. The third-order valence-electron chi connectivity index (χ3n) is 4.66. The fraction of sp³-hybridized carbons (Fsp3) is 0.412. The molecule has 0 aromatic carbocycles. The van der Waals surface area contributed by atoms with Crippen molar-refractivity contribution in [2.75, 3.05) is 11.5 Å². The molecule has 0 atom stereocenters. The topological polar surface area (TPSA) is 139 Å². The van der Waals surface area contributed by atoms with Gasteiger partial charge in [-0.15, -0.1) is 0 Å². The molecule has 0 spiro atoms. The van der Waals surface area contributed by atoms with Crippen molar-refractivity contribution in [2.24, 2.45) is 0 Å². The van der Waals surface area contributed by atoms with Crippen LogP contribution < -0.4 is 11.5 Å². The molecule has 140 valence electrons. The Bertz CT molecular complexity index is 966. The highest BCUT2D eigenvalue weighted by atomic mass is 15.1. The van der Waals surface area contributed by atoms with Gasteiger partial charge in [-0.05, 0) is 12.8 Å². The first-order valence-electron chi connectivity index (χ1n) is 9.06. The van der Waals surface area contributed by atoms with Crippen LogP contribution in [0.25, 0.3) is 22.3 Å². The van der Waals surface area contributed by atoms with Gasteiger partial charge in [0, 0.05) is 13.1 Å². The molecule has 0 amide bonds. The fourth-order valence-electron chi connectivity index (χ4n) is 3.22. The smallest absolute Gasteiger partial charge is 0.165 e. The van der Waals surface area contributed by atoms with Crippen molar-refractivity contribution < 1.29 is 0 Å². The summed E-state index contributed by atoms with van der Waals surface area (Å²) in [5.74, 6) is 0.857. The quantitative estimate of drug-likeness (QED) is 0.450. The Morgan fingerprint density at radius 2 is 1.04 bits per heavy atom. The first-order chi connectivity index (χ1) is 13.2. The molecule has 0 aliphatic carbocycles. The average Bonchev–Trinajstić information content (AvgIpc) is 3.27. The number of hydrogen-bond donors (Lipinski definition) is 2. The van der Waals surface area contributed by atoms with Crippen LogP contribution in [-0.2, 0) is 13.1 Å². The number of aromatic nitrogens is 8. The lowest BCUT2D eigenvalue weighted by molar-refractivity contribution is 0.540. The second-order valence-electron chi connectivity index (χ2n) is 6.51. The van der Waals surface area contributed by atoms with Crippen LogP contribution in [0.2, 0.25) is 0 Å². The van der Waals surface area contributed by atoms with Crippen molar-refractivity contribution in [1.82, 2.24) is 39.0 Å². The molecule has 0 fully saturated rings. The molecule has 0 radical (unpaired) electrons. The van der Waals surface area contributed by atoms with Crippen molar-refractivity contribution in [2.45, 2.75) is 45.2 Å². The van der Waals surface area contributed by atoms with Gasteiger partial charge in [0.25, 0.3) is 0 Å². The van der Waals surface area contributed by atoms with Gasteiger partial charge in [-0.1, -0.05) is 19.3 Å². The molecule has 4 aromatic rings. The monoisotopic (exact) mass is 366 g/mol. The van der Waals surface area contributed by atoms with E-state index in [1.165, 1.54) is 19.1 Å². The maximum atomic E-state index is 5.81. The first kappa shape index (κ1) is 17.1. The van der Waals surface area contributed by atoms with Gasteiger partial charge in [-0.2, -0.15) is 0 Å². The highest BCUT2D eigenvalue weighted by Gasteiger charge is 2.08. The van der Waals surface area contributed by atoms with Gasteiger partial charge in [0.1, 0.15) is 23.7 Å². The molecule has 0 aliphatic heterocycles. The molecule has 27 heavy (non-hydrogen) atoms. The van der Waals surface area contributed by atoms with E-state index >= 15 is 0 Å². The molecule has 0 saturated carbocycles. The maximum absolute atomic E-state index is 5.81. The molecular formula is C17H22N10. The van der Waals surface area contributed by atoms with Crippen molar-refractivity contribution >= 4 is 34.0 Å². The Labute approximate surface area is 155 Å². The average molecular weight is 366 g/mol. The van der Waals surface area contributed by atoms with Crippen molar-refractivity contribution in [3.8, 4) is 0 Å². The summed E-state index contributed by atoms with van der Waals surface area (Å²) in [5.41, 5.74) is 14.6. The van der Waals surface area contributed by atoms with Crippen LogP contribution in [0.4, 0.5) is 11.6 Å². The first-order valence-corrected chi connectivity index (χ1v) is 9.06.